The molecule has 1 heterocycles. The minimum absolute atomic E-state index is 0.180. The van der Waals surface area contributed by atoms with Gasteiger partial charge < -0.3 is 0 Å². The lowest BCUT2D eigenvalue weighted by molar-refractivity contribution is 0.250. The summed E-state index contributed by atoms with van der Waals surface area (Å²) in [6.07, 6.45) is 2.48. The molecule has 1 saturated carbocycles. The number of hydrogen-bond donors (Lipinski definition) is 0. The van der Waals surface area contributed by atoms with Crippen LogP contribution in [0.1, 0.15) is 18.4 Å². The molecule has 0 bridgehead atoms. The maximum Gasteiger partial charge on any atom is 0.191 e. The molecule has 2 fully saturated rings. The normalized spacial score (nSPS) is 27.8. The maximum absolute atomic E-state index is 12.3. The first-order chi connectivity index (χ1) is 8.54. The zero-order valence-electron chi connectivity index (χ0n) is 10.7. The number of sulfone groups is 1. The highest BCUT2D eigenvalue weighted by Crippen LogP contribution is 2.44. The van der Waals surface area contributed by atoms with Crippen molar-refractivity contribution in [3.8, 4) is 0 Å². The molecule has 0 amide bonds. The Morgan fingerprint density at radius 2 is 1.94 bits per heavy atom. The van der Waals surface area contributed by atoms with Crippen LogP contribution in [0.25, 0.3) is 0 Å². The third-order valence-corrected chi connectivity index (χ3v) is 5.81. The van der Waals surface area contributed by atoms with Gasteiger partial charge in [0.2, 0.25) is 0 Å². The topological polar surface area (TPSA) is 37.4 Å². The van der Waals surface area contributed by atoms with Crippen molar-refractivity contribution < 1.29 is 8.42 Å². The lowest BCUT2D eigenvalue weighted by atomic mass is 10.1. The minimum atomic E-state index is -3.16. The number of aryl methyl sites for hydroxylation is 1. The van der Waals surface area contributed by atoms with E-state index < -0.39 is 9.84 Å². The summed E-state index contributed by atoms with van der Waals surface area (Å²) in [5.74, 6) is 1.84. The highest BCUT2D eigenvalue weighted by atomic mass is 32.2. The summed E-state index contributed by atoms with van der Waals surface area (Å²) in [6, 6.07) is 7.16. The van der Waals surface area contributed by atoms with Crippen LogP contribution >= 0.6 is 0 Å². The van der Waals surface area contributed by atoms with Gasteiger partial charge in [-0.05, 0) is 50.3 Å². The zero-order chi connectivity index (χ0) is 12.8. The number of piperidine rings is 1. The molecule has 0 aromatic heterocycles. The van der Waals surface area contributed by atoms with Crippen LogP contribution in [0.4, 0.5) is 0 Å². The van der Waals surface area contributed by atoms with Crippen molar-refractivity contribution >= 4 is 9.84 Å². The van der Waals surface area contributed by atoms with E-state index in [1.807, 2.05) is 19.1 Å². The molecule has 1 aromatic rings. The van der Waals surface area contributed by atoms with Gasteiger partial charge in [-0.15, -0.1) is 0 Å². The van der Waals surface area contributed by atoms with E-state index in [1.54, 1.807) is 12.1 Å². The Labute approximate surface area is 109 Å². The molecule has 2 atom stereocenters. The standard InChI is InChI=1S/C14H19NO2S/c1-11-2-4-14(5-3-11)18(16,17)10-15-7-6-12-8-13(12)9-15/h2-5,12-13H,6-10H2,1H3. The number of fused-ring (bicyclic) bond motifs is 1. The van der Waals surface area contributed by atoms with Gasteiger partial charge in [0.25, 0.3) is 0 Å². The molecule has 3 rings (SSSR count). The van der Waals surface area contributed by atoms with Gasteiger partial charge in [-0.2, -0.15) is 0 Å². The lowest BCUT2D eigenvalue weighted by Gasteiger charge is -2.25. The lowest BCUT2D eigenvalue weighted by Crippen LogP contribution is -2.35. The maximum atomic E-state index is 12.3. The second kappa shape index (κ2) is 4.35. The Bertz CT molecular complexity index is 535. The number of rotatable bonds is 3. The molecule has 0 spiro atoms. The van der Waals surface area contributed by atoms with Crippen LogP contribution in [0, 0.1) is 18.8 Å². The Hall–Kier alpha value is -0.870. The van der Waals surface area contributed by atoms with Crippen LogP contribution in [-0.2, 0) is 9.84 Å². The average Bonchev–Trinajstić information content (AvgIpc) is 3.07. The third-order valence-electron chi connectivity index (χ3n) is 4.11. The van der Waals surface area contributed by atoms with E-state index in [1.165, 1.54) is 12.8 Å². The molecular formula is C14H19NO2S. The fraction of sp³-hybridized carbons (Fsp3) is 0.571. The van der Waals surface area contributed by atoms with Crippen molar-refractivity contribution in [1.29, 1.82) is 0 Å². The largest absolute Gasteiger partial charge is 0.289 e. The van der Waals surface area contributed by atoms with E-state index in [0.29, 0.717) is 4.90 Å². The molecule has 4 heteroatoms. The highest BCUT2D eigenvalue weighted by Gasteiger charge is 2.42. The van der Waals surface area contributed by atoms with Crippen LogP contribution in [0.5, 0.6) is 0 Å². The molecule has 0 radical (unpaired) electrons. The van der Waals surface area contributed by atoms with E-state index in [4.69, 9.17) is 0 Å². The Kier molecular flexibility index (Phi) is 2.94. The van der Waals surface area contributed by atoms with Gasteiger partial charge in [-0.1, -0.05) is 17.7 Å². The molecular weight excluding hydrogens is 246 g/mol. The summed E-state index contributed by atoms with van der Waals surface area (Å²) in [5, 5.41) is 0. The molecule has 1 saturated heterocycles. The SMILES string of the molecule is Cc1ccc(S(=O)(=O)CN2CCC3CC3C2)cc1. The Balaban J connectivity index is 1.72. The van der Waals surface area contributed by atoms with Crippen molar-refractivity contribution in [1.82, 2.24) is 4.90 Å². The molecule has 98 valence electrons. The van der Waals surface area contributed by atoms with Gasteiger partial charge >= 0.3 is 0 Å². The van der Waals surface area contributed by atoms with Gasteiger partial charge in [-0.3, -0.25) is 4.90 Å². The predicted molar refractivity (Wildman–Crippen MR) is 71.0 cm³/mol. The number of benzene rings is 1. The van der Waals surface area contributed by atoms with Crippen LogP contribution in [-0.4, -0.2) is 32.3 Å². The van der Waals surface area contributed by atoms with Crippen LogP contribution in [0.3, 0.4) is 0 Å². The fourth-order valence-electron chi connectivity index (χ4n) is 2.84. The highest BCUT2D eigenvalue weighted by molar-refractivity contribution is 7.91. The van der Waals surface area contributed by atoms with Crippen molar-refractivity contribution in [2.45, 2.75) is 24.7 Å². The molecule has 0 N–H and O–H groups in total. The molecule has 2 aliphatic rings. The predicted octanol–water partition coefficient (Wildman–Crippen LogP) is 2.07. The summed E-state index contributed by atoms with van der Waals surface area (Å²) in [6.45, 7) is 3.87. The third kappa shape index (κ3) is 2.45. The van der Waals surface area contributed by atoms with Gasteiger partial charge in [-0.25, -0.2) is 8.42 Å². The molecule has 1 aliphatic heterocycles. The fourth-order valence-corrected chi connectivity index (χ4v) is 4.25. The van der Waals surface area contributed by atoms with E-state index in [-0.39, 0.29) is 5.88 Å². The van der Waals surface area contributed by atoms with Crippen molar-refractivity contribution in [3.05, 3.63) is 29.8 Å². The van der Waals surface area contributed by atoms with E-state index in [9.17, 15) is 8.42 Å². The van der Waals surface area contributed by atoms with Crippen molar-refractivity contribution in [2.24, 2.45) is 11.8 Å². The van der Waals surface area contributed by atoms with Gasteiger partial charge in [0.1, 0.15) is 5.88 Å². The summed E-state index contributed by atoms with van der Waals surface area (Å²) >= 11 is 0. The van der Waals surface area contributed by atoms with Gasteiger partial charge in [0.05, 0.1) is 4.90 Å². The number of nitrogens with zero attached hydrogens (tertiary/aromatic N) is 1. The Morgan fingerprint density at radius 1 is 1.22 bits per heavy atom. The van der Waals surface area contributed by atoms with Crippen LogP contribution in [0.2, 0.25) is 0 Å². The first kappa shape index (κ1) is 12.2. The van der Waals surface area contributed by atoms with E-state index in [0.717, 1.165) is 30.5 Å². The molecule has 3 nitrogen and oxygen atoms in total. The Morgan fingerprint density at radius 3 is 2.61 bits per heavy atom. The second-order valence-electron chi connectivity index (χ2n) is 5.68. The zero-order valence-corrected chi connectivity index (χ0v) is 11.5. The molecule has 1 aromatic carbocycles. The van der Waals surface area contributed by atoms with Gasteiger partial charge in [0.15, 0.2) is 9.84 Å². The number of hydrogen-bond acceptors (Lipinski definition) is 3. The molecule has 2 unspecified atom stereocenters. The van der Waals surface area contributed by atoms with Crippen molar-refractivity contribution in [3.63, 3.8) is 0 Å². The van der Waals surface area contributed by atoms with Crippen LogP contribution < -0.4 is 0 Å². The molecule has 1 aliphatic carbocycles. The summed E-state index contributed by atoms with van der Waals surface area (Å²) < 4.78 is 24.6. The minimum Gasteiger partial charge on any atom is -0.289 e. The smallest absolute Gasteiger partial charge is 0.191 e. The average molecular weight is 265 g/mol. The first-order valence-corrected chi connectivity index (χ1v) is 8.21. The molecule has 18 heavy (non-hydrogen) atoms. The first-order valence-electron chi connectivity index (χ1n) is 6.56. The monoisotopic (exact) mass is 265 g/mol. The second-order valence-corrected chi connectivity index (χ2v) is 7.64. The number of likely N-dealkylation sites (tertiary alicyclic amines) is 1. The van der Waals surface area contributed by atoms with Gasteiger partial charge in [0, 0.05) is 6.54 Å². The van der Waals surface area contributed by atoms with Crippen molar-refractivity contribution in [2.75, 3.05) is 19.0 Å². The van der Waals surface area contributed by atoms with Crippen LogP contribution in [0.15, 0.2) is 29.2 Å². The summed E-state index contributed by atoms with van der Waals surface area (Å²) in [4.78, 5) is 2.55. The summed E-state index contributed by atoms with van der Waals surface area (Å²) in [7, 11) is -3.16. The quantitative estimate of drug-likeness (QED) is 0.839. The summed E-state index contributed by atoms with van der Waals surface area (Å²) in [5.41, 5.74) is 1.09. The van der Waals surface area contributed by atoms with E-state index >= 15 is 0 Å². The van der Waals surface area contributed by atoms with E-state index in [2.05, 4.69) is 4.90 Å².